The highest BCUT2D eigenvalue weighted by Crippen LogP contribution is 2.14. The zero-order valence-corrected chi connectivity index (χ0v) is 9.09. The number of anilines is 2. The van der Waals surface area contributed by atoms with Crippen LogP contribution in [0, 0.1) is 5.21 Å². The lowest BCUT2D eigenvalue weighted by atomic mass is 10.1. The summed E-state index contributed by atoms with van der Waals surface area (Å²) in [5.74, 6) is 0.138. The molecule has 14 heavy (non-hydrogen) atoms. The van der Waals surface area contributed by atoms with Crippen molar-refractivity contribution in [2.45, 2.75) is 26.3 Å². The molecular weight excluding hydrogens is 204 g/mol. The fraction of sp³-hybridized carbons (Fsp3) is 0.500. The first-order valence-electron chi connectivity index (χ1n) is 4.13. The highest BCUT2D eigenvalue weighted by Gasteiger charge is 2.16. The van der Waals surface area contributed by atoms with Crippen LogP contribution in [0.3, 0.4) is 0 Å². The Morgan fingerprint density at radius 1 is 1.57 bits per heavy atom. The molecule has 5 nitrogen and oxygen atoms in total. The fourth-order valence-corrected chi connectivity index (χ4v) is 1.14. The van der Waals surface area contributed by atoms with E-state index in [4.69, 9.17) is 17.3 Å². The van der Waals surface area contributed by atoms with E-state index >= 15 is 0 Å². The predicted molar refractivity (Wildman–Crippen MR) is 56.0 cm³/mol. The summed E-state index contributed by atoms with van der Waals surface area (Å²) < 4.78 is 0.511. The summed E-state index contributed by atoms with van der Waals surface area (Å²) in [7, 11) is 0. The molecule has 0 unspecified atom stereocenters. The average molecular weight is 217 g/mol. The molecule has 0 aliphatic carbocycles. The van der Waals surface area contributed by atoms with E-state index in [1.165, 1.54) is 6.07 Å². The number of hydrogen-bond donors (Lipinski definition) is 2. The van der Waals surface area contributed by atoms with Crippen LogP contribution < -0.4 is 15.8 Å². The lowest BCUT2D eigenvalue weighted by molar-refractivity contribution is -0.577. The van der Waals surface area contributed by atoms with Crippen molar-refractivity contribution in [1.82, 2.24) is 4.98 Å². The minimum absolute atomic E-state index is 0.163. The molecule has 0 amide bonds. The van der Waals surface area contributed by atoms with Crippen molar-refractivity contribution in [2.24, 2.45) is 0 Å². The Balaban J connectivity index is 3.09. The number of rotatable bonds is 1. The third-order valence-corrected chi connectivity index (χ3v) is 1.60. The SMILES string of the molecule is CC(C)(C)Nc1cc(Cl)nc(N)[n+]1[O-]. The second kappa shape index (κ2) is 3.49. The maximum Gasteiger partial charge on any atom is 0.345 e. The van der Waals surface area contributed by atoms with E-state index in [0.717, 1.165) is 0 Å². The van der Waals surface area contributed by atoms with Gasteiger partial charge in [0.05, 0.1) is 11.6 Å². The van der Waals surface area contributed by atoms with Gasteiger partial charge in [-0.2, -0.15) is 0 Å². The standard InChI is InChI=1S/C8H13ClN4O/c1-8(2,3)12-6-4-5(9)11-7(10)13(6)14/h4,12H,1-3H3,(H2,10,11). The Hall–Kier alpha value is -1.23. The number of aromatic nitrogens is 2. The number of nitrogens with one attached hydrogen (secondary N) is 1. The van der Waals surface area contributed by atoms with E-state index in [-0.39, 0.29) is 16.6 Å². The van der Waals surface area contributed by atoms with Gasteiger partial charge in [0.15, 0.2) is 11.0 Å². The molecular formula is C8H13ClN4O. The number of halogens is 1. The summed E-state index contributed by atoms with van der Waals surface area (Å²) in [6.45, 7) is 5.78. The van der Waals surface area contributed by atoms with Crippen LogP contribution in [0.1, 0.15) is 20.8 Å². The van der Waals surface area contributed by atoms with Gasteiger partial charge in [0.25, 0.3) is 0 Å². The van der Waals surface area contributed by atoms with E-state index in [1.54, 1.807) is 0 Å². The normalized spacial score (nSPS) is 11.4. The van der Waals surface area contributed by atoms with E-state index in [9.17, 15) is 5.21 Å². The van der Waals surface area contributed by atoms with Gasteiger partial charge < -0.3 is 16.3 Å². The second-order valence-electron chi connectivity index (χ2n) is 3.99. The summed E-state index contributed by atoms with van der Waals surface area (Å²) >= 11 is 5.67. The summed E-state index contributed by atoms with van der Waals surface area (Å²) in [5, 5.41) is 14.6. The van der Waals surface area contributed by atoms with Crippen LogP contribution in [-0.2, 0) is 0 Å². The molecule has 0 aliphatic rings. The van der Waals surface area contributed by atoms with Gasteiger partial charge in [-0.05, 0) is 32.4 Å². The van der Waals surface area contributed by atoms with Gasteiger partial charge in [-0.1, -0.05) is 4.98 Å². The Kier molecular flexibility index (Phi) is 2.71. The highest BCUT2D eigenvalue weighted by atomic mass is 35.5. The Morgan fingerprint density at radius 2 is 2.14 bits per heavy atom. The topological polar surface area (TPSA) is 77.9 Å². The smallest absolute Gasteiger partial charge is 0.345 e. The van der Waals surface area contributed by atoms with Crippen molar-refractivity contribution in [3.05, 3.63) is 16.4 Å². The van der Waals surface area contributed by atoms with Crippen LogP contribution in [0.25, 0.3) is 0 Å². The highest BCUT2D eigenvalue weighted by molar-refractivity contribution is 6.29. The summed E-state index contributed by atoms with van der Waals surface area (Å²) in [4.78, 5) is 3.62. The van der Waals surface area contributed by atoms with Crippen molar-refractivity contribution < 1.29 is 4.73 Å². The largest absolute Gasteiger partial charge is 0.754 e. The summed E-state index contributed by atoms with van der Waals surface area (Å²) in [6, 6.07) is 1.44. The first-order valence-corrected chi connectivity index (χ1v) is 4.51. The number of hydrogen-bond acceptors (Lipinski definition) is 4. The number of nitrogen functional groups attached to an aromatic ring is 1. The molecule has 0 aliphatic heterocycles. The average Bonchev–Trinajstić information content (AvgIpc) is 1.96. The monoisotopic (exact) mass is 216 g/mol. The summed E-state index contributed by atoms with van der Waals surface area (Å²) in [5.41, 5.74) is 5.12. The summed E-state index contributed by atoms with van der Waals surface area (Å²) in [6.07, 6.45) is 0. The molecule has 1 aromatic rings. The van der Waals surface area contributed by atoms with Gasteiger partial charge in [0.2, 0.25) is 0 Å². The quantitative estimate of drug-likeness (QED) is 0.420. The minimum Gasteiger partial charge on any atom is -0.754 e. The molecule has 0 fully saturated rings. The van der Waals surface area contributed by atoms with Crippen LogP contribution >= 0.6 is 11.6 Å². The van der Waals surface area contributed by atoms with Crippen molar-refractivity contribution in [3.63, 3.8) is 0 Å². The molecule has 1 rings (SSSR count). The Bertz CT molecular complexity index is 348. The third kappa shape index (κ3) is 2.63. The number of nitrogens with zero attached hydrogens (tertiary/aromatic N) is 2. The Labute approximate surface area is 87.5 Å². The molecule has 78 valence electrons. The minimum atomic E-state index is -0.233. The van der Waals surface area contributed by atoms with Gasteiger partial charge in [-0.25, -0.2) is 4.73 Å². The molecule has 0 saturated heterocycles. The van der Waals surface area contributed by atoms with Crippen LogP contribution in [0.2, 0.25) is 5.15 Å². The third-order valence-electron chi connectivity index (χ3n) is 1.41. The molecule has 0 atom stereocenters. The van der Waals surface area contributed by atoms with Crippen LogP contribution in [0.5, 0.6) is 0 Å². The van der Waals surface area contributed by atoms with Gasteiger partial charge in [-0.3, -0.25) is 0 Å². The molecule has 0 radical (unpaired) electrons. The zero-order valence-electron chi connectivity index (χ0n) is 8.34. The molecule has 1 aromatic heterocycles. The molecule has 0 spiro atoms. The van der Waals surface area contributed by atoms with E-state index in [2.05, 4.69) is 10.3 Å². The van der Waals surface area contributed by atoms with Crippen molar-refractivity contribution >= 4 is 23.4 Å². The first-order chi connectivity index (χ1) is 6.29. The zero-order chi connectivity index (χ0) is 10.9. The van der Waals surface area contributed by atoms with Gasteiger partial charge in [0.1, 0.15) is 0 Å². The molecule has 0 bridgehead atoms. The van der Waals surface area contributed by atoms with Gasteiger partial charge in [-0.15, -0.1) is 0 Å². The van der Waals surface area contributed by atoms with Crippen LogP contribution in [-0.4, -0.2) is 10.5 Å². The lowest BCUT2D eigenvalue weighted by Gasteiger charge is -2.22. The van der Waals surface area contributed by atoms with Gasteiger partial charge >= 0.3 is 5.95 Å². The molecule has 6 heteroatoms. The fourth-order valence-electron chi connectivity index (χ4n) is 0.953. The molecule has 0 aromatic carbocycles. The molecule has 0 saturated carbocycles. The van der Waals surface area contributed by atoms with E-state index < -0.39 is 0 Å². The molecule has 1 heterocycles. The maximum atomic E-state index is 11.4. The van der Waals surface area contributed by atoms with Crippen molar-refractivity contribution in [3.8, 4) is 0 Å². The van der Waals surface area contributed by atoms with E-state index in [1.807, 2.05) is 20.8 Å². The van der Waals surface area contributed by atoms with Crippen molar-refractivity contribution in [2.75, 3.05) is 11.1 Å². The van der Waals surface area contributed by atoms with Crippen molar-refractivity contribution in [1.29, 1.82) is 0 Å². The van der Waals surface area contributed by atoms with E-state index in [0.29, 0.717) is 10.5 Å². The maximum absolute atomic E-state index is 11.4. The van der Waals surface area contributed by atoms with Gasteiger partial charge in [0, 0.05) is 0 Å². The lowest BCUT2D eigenvalue weighted by Crippen LogP contribution is -2.40. The first kappa shape index (κ1) is 10.8. The number of nitrogens with two attached hydrogens (primary N) is 1. The molecule has 3 N–H and O–H groups in total. The predicted octanol–water partition coefficient (Wildman–Crippen LogP) is 1.16. The second-order valence-corrected chi connectivity index (χ2v) is 4.38. The van der Waals surface area contributed by atoms with Crippen LogP contribution in [0.15, 0.2) is 6.07 Å². The Morgan fingerprint density at radius 3 is 2.64 bits per heavy atom. The van der Waals surface area contributed by atoms with Crippen LogP contribution in [0.4, 0.5) is 11.8 Å².